The normalized spacial score (nSPS) is 16.6. The van der Waals surface area contributed by atoms with E-state index in [4.69, 9.17) is 4.55 Å². The van der Waals surface area contributed by atoms with Crippen molar-refractivity contribution in [3.63, 3.8) is 0 Å². The van der Waals surface area contributed by atoms with Crippen molar-refractivity contribution in [2.24, 2.45) is 0 Å². The second-order valence-electron chi connectivity index (χ2n) is 4.88. The Morgan fingerprint density at radius 2 is 1.91 bits per heavy atom. The van der Waals surface area contributed by atoms with Crippen LogP contribution in [0.5, 0.6) is 0 Å². The van der Waals surface area contributed by atoms with Crippen molar-refractivity contribution in [1.82, 2.24) is 5.32 Å². The molecule has 0 amide bonds. The third-order valence-electron chi connectivity index (χ3n) is 3.10. The molecule has 22 heavy (non-hydrogen) atoms. The number of hydrogen-bond donors (Lipinski definition) is 2. The molecule has 1 aliphatic rings. The molecule has 1 aromatic carbocycles. The summed E-state index contributed by atoms with van der Waals surface area (Å²) in [6.07, 6.45) is -5.58. The summed E-state index contributed by atoms with van der Waals surface area (Å²) in [5.41, 5.74) is 0.244. The first-order valence-corrected chi connectivity index (χ1v) is 7.91. The molecule has 0 unspecified atom stereocenters. The summed E-state index contributed by atoms with van der Waals surface area (Å²) in [5.74, 6) is 0. The van der Waals surface area contributed by atoms with Gasteiger partial charge in [0, 0.05) is 26.2 Å². The number of rotatable bonds is 4. The number of halogens is 3. The van der Waals surface area contributed by atoms with Gasteiger partial charge in [-0.25, -0.2) is 5.32 Å². The number of nitrogens with zero attached hydrogens (tertiary/aromatic N) is 2. The zero-order chi connectivity index (χ0) is 16.4. The lowest BCUT2D eigenvalue weighted by molar-refractivity contribution is -0.127. The van der Waals surface area contributed by atoms with E-state index in [1.807, 2.05) is 4.72 Å². The van der Waals surface area contributed by atoms with Gasteiger partial charge in [-0.15, -0.1) is 0 Å². The Labute approximate surface area is 126 Å². The first kappa shape index (κ1) is 16.8. The van der Waals surface area contributed by atoms with Gasteiger partial charge in [-0.1, -0.05) is 6.07 Å². The zero-order valence-electron chi connectivity index (χ0n) is 11.5. The van der Waals surface area contributed by atoms with E-state index in [-0.39, 0.29) is 11.3 Å². The summed E-state index contributed by atoms with van der Waals surface area (Å²) in [4.78, 5) is 1.80. The summed E-state index contributed by atoms with van der Waals surface area (Å²) in [5, 5.41) is 4.14. The fraction of sp³-hybridized carbons (Fsp3) is 0.500. The number of benzene rings is 1. The van der Waals surface area contributed by atoms with E-state index >= 15 is 0 Å². The molecular formula is C12H15F3N3O3S. The Bertz CT molecular complexity index is 628. The standard InChI is InChI=1S/C12H15F3N3O3S/c13-12(14,15)8-9-1-2-11(18-5-3-16-4-6-18)10(7-9)17-22(19,20)21/h1-2,7,17H,3-6,8H2,(H,19,20,21). The first-order chi connectivity index (χ1) is 10.1. The van der Waals surface area contributed by atoms with E-state index in [9.17, 15) is 21.6 Å². The van der Waals surface area contributed by atoms with E-state index in [0.717, 1.165) is 6.07 Å². The summed E-state index contributed by atoms with van der Waals surface area (Å²) >= 11 is 0. The van der Waals surface area contributed by atoms with Crippen LogP contribution in [0.2, 0.25) is 0 Å². The van der Waals surface area contributed by atoms with Gasteiger partial charge in [-0.3, -0.25) is 9.27 Å². The topological polar surface area (TPSA) is 83.7 Å². The van der Waals surface area contributed by atoms with Gasteiger partial charge in [0.05, 0.1) is 17.8 Å². The molecule has 10 heteroatoms. The SMILES string of the molecule is O=S(=O)(O)Nc1cc(CC(F)(F)F)ccc1N1CC[N]CC1. The van der Waals surface area contributed by atoms with Gasteiger partial charge in [-0.2, -0.15) is 21.6 Å². The predicted molar refractivity (Wildman–Crippen MR) is 75.5 cm³/mol. The van der Waals surface area contributed by atoms with E-state index in [1.165, 1.54) is 12.1 Å². The molecule has 0 atom stereocenters. The molecule has 1 fully saturated rings. The van der Waals surface area contributed by atoms with Gasteiger partial charge in [0.1, 0.15) is 0 Å². The van der Waals surface area contributed by atoms with Crippen molar-refractivity contribution in [3.05, 3.63) is 23.8 Å². The third-order valence-corrected chi connectivity index (χ3v) is 3.58. The molecule has 0 spiro atoms. The predicted octanol–water partition coefficient (Wildman–Crippen LogP) is 1.43. The summed E-state index contributed by atoms with van der Waals surface area (Å²) in [7, 11) is -4.58. The molecular weight excluding hydrogens is 323 g/mol. The molecule has 2 N–H and O–H groups in total. The van der Waals surface area contributed by atoms with Crippen LogP contribution >= 0.6 is 0 Å². The fourth-order valence-electron chi connectivity index (χ4n) is 2.27. The second kappa shape index (κ2) is 6.31. The summed E-state index contributed by atoms with van der Waals surface area (Å²) in [6, 6.07) is 3.80. The van der Waals surface area contributed by atoms with Crippen molar-refractivity contribution in [1.29, 1.82) is 0 Å². The summed E-state index contributed by atoms with van der Waals surface area (Å²) < 4.78 is 70.2. The molecule has 1 saturated heterocycles. The first-order valence-electron chi connectivity index (χ1n) is 6.47. The Hall–Kier alpha value is -1.52. The Morgan fingerprint density at radius 3 is 2.45 bits per heavy atom. The molecule has 2 rings (SSSR count). The second-order valence-corrected chi connectivity index (χ2v) is 6.03. The smallest absolute Gasteiger partial charge is 0.367 e. The van der Waals surface area contributed by atoms with Gasteiger partial charge in [0.15, 0.2) is 0 Å². The van der Waals surface area contributed by atoms with Crippen LogP contribution in [0.3, 0.4) is 0 Å². The minimum absolute atomic E-state index is 0.0776. The molecule has 1 aliphatic heterocycles. The van der Waals surface area contributed by atoms with E-state index in [0.29, 0.717) is 31.9 Å². The monoisotopic (exact) mass is 338 g/mol. The Balaban J connectivity index is 2.35. The zero-order valence-corrected chi connectivity index (χ0v) is 12.3. The lowest BCUT2D eigenvalue weighted by Crippen LogP contribution is -2.40. The number of hydrogen-bond acceptors (Lipinski definition) is 3. The van der Waals surface area contributed by atoms with Gasteiger partial charge in [0.2, 0.25) is 0 Å². The minimum Gasteiger partial charge on any atom is -0.367 e. The maximum atomic E-state index is 12.5. The van der Waals surface area contributed by atoms with E-state index in [1.54, 1.807) is 4.90 Å². The largest absolute Gasteiger partial charge is 0.393 e. The van der Waals surface area contributed by atoms with Crippen molar-refractivity contribution < 1.29 is 26.1 Å². The molecule has 0 aromatic heterocycles. The number of piperazine rings is 1. The van der Waals surface area contributed by atoms with Crippen molar-refractivity contribution in [3.8, 4) is 0 Å². The Morgan fingerprint density at radius 1 is 1.27 bits per heavy atom. The average molecular weight is 338 g/mol. The molecule has 1 radical (unpaired) electrons. The van der Waals surface area contributed by atoms with Gasteiger partial charge < -0.3 is 4.90 Å². The van der Waals surface area contributed by atoms with Gasteiger partial charge in [-0.05, 0) is 17.7 Å². The molecule has 1 aromatic rings. The van der Waals surface area contributed by atoms with Crippen LogP contribution in [0.4, 0.5) is 24.5 Å². The number of alkyl halides is 3. The van der Waals surface area contributed by atoms with Crippen LogP contribution in [0.1, 0.15) is 5.56 Å². The van der Waals surface area contributed by atoms with Crippen molar-refractivity contribution in [2.75, 3.05) is 35.8 Å². The van der Waals surface area contributed by atoms with Crippen LogP contribution < -0.4 is 14.9 Å². The molecule has 6 nitrogen and oxygen atoms in total. The molecule has 0 aliphatic carbocycles. The lowest BCUT2D eigenvalue weighted by atomic mass is 10.1. The van der Waals surface area contributed by atoms with Crippen LogP contribution in [-0.2, 0) is 16.7 Å². The number of nitrogens with one attached hydrogen (secondary N) is 1. The lowest BCUT2D eigenvalue weighted by Gasteiger charge is -2.30. The molecule has 0 saturated carbocycles. The van der Waals surface area contributed by atoms with Crippen LogP contribution in [0, 0.1) is 0 Å². The minimum atomic E-state index is -4.58. The van der Waals surface area contributed by atoms with Crippen LogP contribution in [-0.4, -0.2) is 45.3 Å². The molecule has 1 heterocycles. The van der Waals surface area contributed by atoms with Crippen LogP contribution in [0.15, 0.2) is 18.2 Å². The highest BCUT2D eigenvalue weighted by Gasteiger charge is 2.28. The Kier molecular flexibility index (Phi) is 4.83. The highest BCUT2D eigenvalue weighted by molar-refractivity contribution is 7.87. The van der Waals surface area contributed by atoms with Crippen LogP contribution in [0.25, 0.3) is 0 Å². The molecule has 123 valence electrons. The molecule has 0 bridgehead atoms. The maximum Gasteiger partial charge on any atom is 0.393 e. The average Bonchev–Trinajstić information content (AvgIpc) is 2.36. The van der Waals surface area contributed by atoms with E-state index in [2.05, 4.69) is 5.32 Å². The van der Waals surface area contributed by atoms with Gasteiger partial charge in [0.25, 0.3) is 0 Å². The number of anilines is 2. The third kappa shape index (κ3) is 5.04. The quantitative estimate of drug-likeness (QED) is 0.814. The highest BCUT2D eigenvalue weighted by Crippen LogP contribution is 2.31. The van der Waals surface area contributed by atoms with Crippen molar-refractivity contribution in [2.45, 2.75) is 12.6 Å². The summed E-state index contributed by atoms with van der Waals surface area (Å²) in [6.45, 7) is 2.16. The maximum absolute atomic E-state index is 12.5. The van der Waals surface area contributed by atoms with Crippen molar-refractivity contribution >= 4 is 21.7 Å². The fourth-order valence-corrected chi connectivity index (χ4v) is 2.71. The highest BCUT2D eigenvalue weighted by atomic mass is 32.2. The van der Waals surface area contributed by atoms with E-state index < -0.39 is 22.9 Å². The van der Waals surface area contributed by atoms with Gasteiger partial charge >= 0.3 is 16.5 Å².